The molecule has 2 amide bonds. The van der Waals surface area contributed by atoms with Gasteiger partial charge in [-0.1, -0.05) is 11.6 Å². The third-order valence-corrected chi connectivity index (χ3v) is 4.40. The molecule has 2 N–H and O–H groups in total. The number of benzene rings is 2. The highest BCUT2D eigenvalue weighted by atomic mass is 35.5. The van der Waals surface area contributed by atoms with E-state index < -0.39 is 17.8 Å². The van der Waals surface area contributed by atoms with Crippen LogP contribution < -0.4 is 15.5 Å². The van der Waals surface area contributed by atoms with E-state index in [4.69, 9.17) is 11.6 Å². The molecule has 0 radical (unpaired) electrons. The van der Waals surface area contributed by atoms with Gasteiger partial charge in [-0.15, -0.1) is 0 Å². The average Bonchev–Trinajstić information content (AvgIpc) is 2.58. The van der Waals surface area contributed by atoms with Gasteiger partial charge in [-0.2, -0.15) is 0 Å². The molecule has 138 valence electrons. The van der Waals surface area contributed by atoms with Gasteiger partial charge in [0.2, 0.25) is 0 Å². The SMILES string of the molecule is O=C(Nc1ccc(Cl)cc1)Nc1ccc(N2CCC(F)(F)CC2)c(F)c1. The maximum atomic E-state index is 14.3. The summed E-state index contributed by atoms with van der Waals surface area (Å²) in [5, 5.41) is 5.67. The van der Waals surface area contributed by atoms with Crippen LogP contribution >= 0.6 is 11.6 Å². The van der Waals surface area contributed by atoms with Crippen LogP contribution in [0.25, 0.3) is 0 Å². The zero-order chi connectivity index (χ0) is 18.7. The summed E-state index contributed by atoms with van der Waals surface area (Å²) in [6, 6.07) is 10.2. The number of carbonyl (C=O) groups excluding carboxylic acids is 1. The molecule has 1 aliphatic heterocycles. The number of carbonyl (C=O) groups is 1. The van der Waals surface area contributed by atoms with Crippen LogP contribution in [0.3, 0.4) is 0 Å². The molecule has 2 aromatic rings. The lowest BCUT2D eigenvalue weighted by Gasteiger charge is -2.33. The Morgan fingerprint density at radius 3 is 2.19 bits per heavy atom. The van der Waals surface area contributed by atoms with Gasteiger partial charge in [0.15, 0.2) is 0 Å². The summed E-state index contributed by atoms with van der Waals surface area (Å²) in [5.41, 5.74) is 1.06. The Kier molecular flexibility index (Phi) is 5.27. The van der Waals surface area contributed by atoms with Crippen LogP contribution in [-0.2, 0) is 0 Å². The Bertz CT molecular complexity index is 789. The first-order chi connectivity index (χ1) is 12.3. The number of urea groups is 1. The monoisotopic (exact) mass is 383 g/mol. The van der Waals surface area contributed by atoms with Gasteiger partial charge in [-0.3, -0.25) is 0 Å². The van der Waals surface area contributed by atoms with Crippen LogP contribution in [-0.4, -0.2) is 25.0 Å². The molecule has 1 heterocycles. The van der Waals surface area contributed by atoms with Crippen molar-refractivity contribution < 1.29 is 18.0 Å². The first kappa shape index (κ1) is 18.4. The van der Waals surface area contributed by atoms with Gasteiger partial charge >= 0.3 is 6.03 Å². The standard InChI is InChI=1S/C18H17ClF3N3O/c19-12-1-3-13(4-2-12)23-17(26)24-14-5-6-16(15(20)11-14)25-9-7-18(21,22)8-10-25/h1-6,11H,7-10H2,(H2,23,24,26). The number of hydrogen-bond donors (Lipinski definition) is 2. The highest BCUT2D eigenvalue weighted by Gasteiger charge is 2.34. The van der Waals surface area contributed by atoms with Gasteiger partial charge in [0.05, 0.1) is 5.69 Å². The van der Waals surface area contributed by atoms with Gasteiger partial charge in [0.1, 0.15) is 5.82 Å². The lowest BCUT2D eigenvalue weighted by molar-refractivity contribution is -0.0221. The van der Waals surface area contributed by atoms with E-state index in [0.717, 1.165) is 0 Å². The Hall–Kier alpha value is -2.41. The largest absolute Gasteiger partial charge is 0.369 e. The van der Waals surface area contributed by atoms with E-state index in [1.165, 1.54) is 18.2 Å². The lowest BCUT2D eigenvalue weighted by Crippen LogP contribution is -2.39. The Labute approximate surface area is 153 Å². The minimum absolute atomic E-state index is 0.0910. The fourth-order valence-corrected chi connectivity index (χ4v) is 2.87. The maximum absolute atomic E-state index is 14.3. The van der Waals surface area contributed by atoms with Gasteiger partial charge in [-0.25, -0.2) is 18.0 Å². The minimum atomic E-state index is -2.69. The Morgan fingerprint density at radius 2 is 1.58 bits per heavy atom. The molecule has 1 fully saturated rings. The fourth-order valence-electron chi connectivity index (χ4n) is 2.74. The summed E-state index contributed by atoms with van der Waals surface area (Å²) in [7, 11) is 0. The number of nitrogens with one attached hydrogen (secondary N) is 2. The zero-order valence-corrected chi connectivity index (χ0v) is 14.5. The molecule has 0 saturated carbocycles. The molecule has 4 nitrogen and oxygen atoms in total. The maximum Gasteiger partial charge on any atom is 0.323 e. The molecule has 1 saturated heterocycles. The van der Waals surface area contributed by atoms with Crippen molar-refractivity contribution in [1.29, 1.82) is 0 Å². The first-order valence-corrected chi connectivity index (χ1v) is 8.46. The Balaban J connectivity index is 1.62. The predicted octanol–water partition coefficient (Wildman–Crippen LogP) is 5.36. The molecule has 26 heavy (non-hydrogen) atoms. The normalized spacial score (nSPS) is 16.2. The van der Waals surface area contributed by atoms with E-state index in [-0.39, 0.29) is 37.3 Å². The van der Waals surface area contributed by atoms with Crippen LogP contribution in [0, 0.1) is 5.82 Å². The smallest absolute Gasteiger partial charge is 0.323 e. The van der Waals surface area contributed by atoms with E-state index in [2.05, 4.69) is 10.6 Å². The Morgan fingerprint density at radius 1 is 1.00 bits per heavy atom. The highest BCUT2D eigenvalue weighted by molar-refractivity contribution is 6.30. The topological polar surface area (TPSA) is 44.4 Å². The van der Waals surface area contributed by atoms with Crippen molar-refractivity contribution in [3.8, 4) is 0 Å². The van der Waals surface area contributed by atoms with E-state index in [1.54, 1.807) is 29.2 Å². The van der Waals surface area contributed by atoms with Crippen molar-refractivity contribution in [1.82, 2.24) is 0 Å². The van der Waals surface area contributed by atoms with E-state index >= 15 is 0 Å². The summed E-state index contributed by atoms with van der Waals surface area (Å²) in [5.74, 6) is -3.26. The molecule has 0 atom stereocenters. The number of piperidine rings is 1. The number of rotatable bonds is 3. The number of halogens is 4. The number of amides is 2. The zero-order valence-electron chi connectivity index (χ0n) is 13.7. The predicted molar refractivity (Wildman–Crippen MR) is 96.9 cm³/mol. The lowest BCUT2D eigenvalue weighted by atomic mass is 10.1. The highest BCUT2D eigenvalue weighted by Crippen LogP contribution is 2.32. The molecule has 1 aliphatic rings. The summed E-state index contributed by atoms with van der Waals surface area (Å²) < 4.78 is 40.8. The molecule has 0 spiro atoms. The molecular formula is C18H17ClF3N3O. The second kappa shape index (κ2) is 7.45. The average molecular weight is 384 g/mol. The van der Waals surface area contributed by atoms with Crippen molar-refractivity contribution in [2.75, 3.05) is 28.6 Å². The van der Waals surface area contributed by atoms with Gasteiger partial charge in [0.25, 0.3) is 5.92 Å². The van der Waals surface area contributed by atoms with Crippen molar-refractivity contribution in [2.24, 2.45) is 0 Å². The molecule has 0 bridgehead atoms. The fraction of sp³-hybridized carbons (Fsp3) is 0.278. The number of hydrogen-bond acceptors (Lipinski definition) is 2. The molecule has 3 rings (SSSR count). The quantitative estimate of drug-likeness (QED) is 0.749. The second-order valence-electron chi connectivity index (χ2n) is 6.10. The van der Waals surface area contributed by atoms with Crippen molar-refractivity contribution in [3.63, 3.8) is 0 Å². The number of alkyl halides is 2. The van der Waals surface area contributed by atoms with E-state index in [1.807, 2.05) is 0 Å². The van der Waals surface area contributed by atoms with Crippen LogP contribution in [0.15, 0.2) is 42.5 Å². The molecule has 2 aromatic carbocycles. The van der Waals surface area contributed by atoms with E-state index in [9.17, 15) is 18.0 Å². The van der Waals surface area contributed by atoms with Crippen LogP contribution in [0.1, 0.15) is 12.8 Å². The molecule has 0 aromatic heterocycles. The minimum Gasteiger partial charge on any atom is -0.369 e. The third-order valence-electron chi connectivity index (χ3n) is 4.14. The van der Waals surface area contributed by atoms with Crippen LogP contribution in [0.5, 0.6) is 0 Å². The van der Waals surface area contributed by atoms with Gasteiger partial charge in [-0.05, 0) is 42.5 Å². The van der Waals surface area contributed by atoms with Crippen LogP contribution in [0.4, 0.5) is 35.0 Å². The van der Waals surface area contributed by atoms with Gasteiger partial charge < -0.3 is 15.5 Å². The van der Waals surface area contributed by atoms with E-state index in [0.29, 0.717) is 10.7 Å². The molecule has 0 aliphatic carbocycles. The molecule has 8 heteroatoms. The summed E-state index contributed by atoms with van der Waals surface area (Å²) in [4.78, 5) is 13.6. The second-order valence-corrected chi connectivity index (χ2v) is 6.53. The molecule has 0 unspecified atom stereocenters. The summed E-state index contributed by atoms with van der Waals surface area (Å²) in [6.07, 6.45) is -0.591. The first-order valence-electron chi connectivity index (χ1n) is 8.08. The van der Waals surface area contributed by atoms with Gasteiger partial charge in [0, 0.05) is 42.3 Å². The molecular weight excluding hydrogens is 367 g/mol. The van der Waals surface area contributed by atoms with Crippen molar-refractivity contribution in [3.05, 3.63) is 53.3 Å². The summed E-state index contributed by atoms with van der Waals surface area (Å²) in [6.45, 7) is 0.182. The number of anilines is 3. The third kappa shape index (κ3) is 4.60. The summed E-state index contributed by atoms with van der Waals surface area (Å²) >= 11 is 5.77. The van der Waals surface area contributed by atoms with Crippen molar-refractivity contribution in [2.45, 2.75) is 18.8 Å². The van der Waals surface area contributed by atoms with Crippen LogP contribution in [0.2, 0.25) is 5.02 Å². The number of nitrogens with zero attached hydrogens (tertiary/aromatic N) is 1. The van der Waals surface area contributed by atoms with Crippen molar-refractivity contribution >= 4 is 34.7 Å².